The summed E-state index contributed by atoms with van der Waals surface area (Å²) < 4.78 is 12.9. The summed E-state index contributed by atoms with van der Waals surface area (Å²) in [4.78, 5) is 42.5. The molecule has 3 atom stereocenters. The molecule has 0 bridgehead atoms. The van der Waals surface area contributed by atoms with Crippen molar-refractivity contribution in [3.63, 3.8) is 0 Å². The average molecular weight is 513 g/mol. The fraction of sp³-hybridized carbons (Fsp3) is 0.400. The lowest BCUT2D eigenvalue weighted by atomic mass is 10.1. The van der Waals surface area contributed by atoms with E-state index in [-0.39, 0.29) is 18.4 Å². The summed E-state index contributed by atoms with van der Waals surface area (Å²) >= 11 is 1.44. The Kier molecular flexibility index (Phi) is 7.60. The Balaban J connectivity index is 1.48. The Bertz CT molecular complexity index is 1280. The van der Waals surface area contributed by atoms with Crippen molar-refractivity contribution in [1.82, 2.24) is 25.2 Å². The van der Waals surface area contributed by atoms with Crippen molar-refractivity contribution in [1.29, 1.82) is 0 Å². The van der Waals surface area contributed by atoms with E-state index in [0.29, 0.717) is 29.4 Å². The van der Waals surface area contributed by atoms with Crippen LogP contribution in [0.25, 0.3) is 10.6 Å². The highest BCUT2D eigenvalue weighted by atomic mass is 32.1. The topological polar surface area (TPSA) is 120 Å². The van der Waals surface area contributed by atoms with Gasteiger partial charge in [0.1, 0.15) is 12.7 Å². The van der Waals surface area contributed by atoms with Crippen LogP contribution in [-0.2, 0) is 11.3 Å². The Morgan fingerprint density at radius 3 is 2.72 bits per heavy atom. The van der Waals surface area contributed by atoms with Gasteiger partial charge in [-0.25, -0.2) is 14.4 Å². The molecule has 1 aliphatic heterocycles. The Morgan fingerprint density at radius 2 is 2.06 bits per heavy atom. The minimum absolute atomic E-state index is 0.236. The summed E-state index contributed by atoms with van der Waals surface area (Å²) in [6, 6.07) is 5.37. The number of hydrogen-bond acceptors (Lipinski definition) is 8. The average Bonchev–Trinajstić information content (AvgIpc) is 3.42. The highest BCUT2D eigenvalue weighted by Crippen LogP contribution is 2.38. The number of aromatic nitrogens is 3. The molecule has 2 amide bonds. The van der Waals surface area contributed by atoms with Crippen molar-refractivity contribution in [3.8, 4) is 10.6 Å². The van der Waals surface area contributed by atoms with Crippen molar-refractivity contribution in [2.45, 2.75) is 52.4 Å². The number of aryl methyl sites for hydroxylation is 2. The van der Waals surface area contributed by atoms with E-state index in [2.05, 4.69) is 25.6 Å². The minimum atomic E-state index is -0.738. The van der Waals surface area contributed by atoms with Crippen LogP contribution < -0.4 is 10.6 Å². The van der Waals surface area contributed by atoms with Gasteiger partial charge in [0.05, 0.1) is 47.1 Å². The number of thiophene rings is 1. The first-order chi connectivity index (χ1) is 17.2. The summed E-state index contributed by atoms with van der Waals surface area (Å²) in [7, 11) is 0. The number of carbonyl (C=O) groups excluding carboxylic acids is 2. The number of nitrogens with one attached hydrogen (secondary N) is 2. The number of nitrogens with zero attached hydrogens (tertiary/aromatic N) is 4. The summed E-state index contributed by atoms with van der Waals surface area (Å²) in [6.45, 7) is 6.53. The van der Waals surface area contributed by atoms with Crippen molar-refractivity contribution in [2.24, 2.45) is 0 Å². The first kappa shape index (κ1) is 25.6. The van der Waals surface area contributed by atoms with Crippen LogP contribution >= 0.6 is 11.3 Å². The van der Waals surface area contributed by atoms with Crippen LogP contribution in [0.1, 0.15) is 52.1 Å². The van der Waals surface area contributed by atoms with Crippen molar-refractivity contribution < 1.29 is 19.1 Å². The van der Waals surface area contributed by atoms with Gasteiger partial charge in [-0.05, 0) is 51.5 Å². The van der Waals surface area contributed by atoms with Crippen molar-refractivity contribution in [2.75, 3.05) is 18.6 Å². The normalized spacial score (nSPS) is 15.4. The maximum atomic E-state index is 13.2. The Morgan fingerprint density at radius 1 is 1.28 bits per heavy atom. The zero-order valence-electron chi connectivity index (χ0n) is 20.6. The quantitative estimate of drug-likeness (QED) is 0.403. The monoisotopic (exact) mass is 512 g/mol. The van der Waals surface area contributed by atoms with E-state index in [1.165, 1.54) is 16.2 Å². The van der Waals surface area contributed by atoms with Crippen molar-refractivity contribution >= 4 is 29.1 Å². The maximum absolute atomic E-state index is 13.2. The number of fused-ring (bicyclic) bond motifs is 1. The molecule has 11 heteroatoms. The van der Waals surface area contributed by atoms with Gasteiger partial charge in [0.2, 0.25) is 11.9 Å². The van der Waals surface area contributed by atoms with Crippen LogP contribution in [0.5, 0.6) is 0 Å². The predicted molar refractivity (Wildman–Crippen MR) is 135 cm³/mol. The number of anilines is 1. The highest BCUT2D eigenvalue weighted by molar-refractivity contribution is 7.16. The van der Waals surface area contributed by atoms with Gasteiger partial charge in [-0.1, -0.05) is 6.07 Å². The summed E-state index contributed by atoms with van der Waals surface area (Å²) in [6.07, 6.45) is 1.67. The standard InChI is InChI=1S/C25H29FN6O3S/c1-13-10-27-25(29-15(3)9-26)31-22(13)20-8-17-21(36-20)11-32(24(17)35)16(4)23(34)30-19(12-33)18-7-5-6-14(2)28-18/h5-8,10,15-16,19,33H,9,11-12H2,1-4H3,(H,30,34)(H,27,29,31)/t15?,16-,19?/m1/s1. The molecular weight excluding hydrogens is 483 g/mol. The Hall–Kier alpha value is -3.44. The van der Waals surface area contributed by atoms with E-state index < -0.39 is 24.8 Å². The zero-order chi connectivity index (χ0) is 26.0. The van der Waals surface area contributed by atoms with Gasteiger partial charge in [-0.3, -0.25) is 14.6 Å². The van der Waals surface area contributed by atoms with Crippen LogP contribution in [-0.4, -0.2) is 62.1 Å². The summed E-state index contributed by atoms with van der Waals surface area (Å²) in [5.41, 5.74) is 3.40. The fourth-order valence-electron chi connectivity index (χ4n) is 3.96. The van der Waals surface area contributed by atoms with Crippen LogP contribution in [0.3, 0.4) is 0 Å². The van der Waals surface area contributed by atoms with Gasteiger partial charge in [0, 0.05) is 16.8 Å². The molecule has 0 saturated heterocycles. The molecule has 0 aliphatic carbocycles. The smallest absolute Gasteiger partial charge is 0.256 e. The SMILES string of the molecule is Cc1cccc(C(CO)NC(=O)[C@@H](C)N2Cc3sc(-c4nc(NC(C)CF)ncc4C)cc3C2=O)n1. The number of hydrogen-bond donors (Lipinski definition) is 3. The van der Waals surface area contributed by atoms with E-state index in [4.69, 9.17) is 0 Å². The molecule has 3 N–H and O–H groups in total. The number of aliphatic hydroxyl groups is 1. The number of alkyl halides is 1. The maximum Gasteiger partial charge on any atom is 0.256 e. The molecule has 3 aromatic heterocycles. The molecule has 4 rings (SSSR count). The number of aliphatic hydroxyl groups excluding tert-OH is 1. The van der Waals surface area contributed by atoms with Gasteiger partial charge in [0.15, 0.2) is 0 Å². The second-order valence-electron chi connectivity index (χ2n) is 8.93. The molecule has 9 nitrogen and oxygen atoms in total. The highest BCUT2D eigenvalue weighted by Gasteiger charge is 2.36. The van der Waals surface area contributed by atoms with Gasteiger partial charge in [0.25, 0.3) is 5.91 Å². The molecule has 1 aliphatic rings. The summed E-state index contributed by atoms with van der Waals surface area (Å²) in [5.74, 6) is -0.278. The largest absolute Gasteiger partial charge is 0.394 e. The van der Waals surface area contributed by atoms with E-state index in [1.807, 2.05) is 26.0 Å². The second kappa shape index (κ2) is 10.7. The number of halogens is 1. The lowest BCUT2D eigenvalue weighted by Crippen LogP contribution is -2.47. The van der Waals surface area contributed by atoms with E-state index in [9.17, 15) is 19.1 Å². The fourth-order valence-corrected chi connectivity index (χ4v) is 5.17. The molecule has 0 spiro atoms. The van der Waals surface area contributed by atoms with Crippen LogP contribution in [0.2, 0.25) is 0 Å². The third kappa shape index (κ3) is 5.21. The van der Waals surface area contributed by atoms with Crippen LogP contribution in [0.4, 0.5) is 10.3 Å². The molecule has 0 saturated carbocycles. The lowest BCUT2D eigenvalue weighted by Gasteiger charge is -2.26. The first-order valence-electron chi connectivity index (χ1n) is 11.7. The van der Waals surface area contributed by atoms with Crippen LogP contribution in [0, 0.1) is 13.8 Å². The van der Waals surface area contributed by atoms with Crippen LogP contribution in [0.15, 0.2) is 30.5 Å². The van der Waals surface area contributed by atoms with Gasteiger partial charge >= 0.3 is 0 Å². The number of rotatable bonds is 9. The molecule has 2 unspecified atom stereocenters. The molecular formula is C25H29FN6O3S. The molecule has 0 radical (unpaired) electrons. The number of amides is 2. The first-order valence-corrected chi connectivity index (χ1v) is 12.5. The Labute approximate surface area is 212 Å². The second-order valence-corrected chi connectivity index (χ2v) is 10.1. The van der Waals surface area contributed by atoms with E-state index in [0.717, 1.165) is 21.0 Å². The van der Waals surface area contributed by atoms with E-state index >= 15 is 0 Å². The zero-order valence-corrected chi connectivity index (χ0v) is 21.4. The van der Waals surface area contributed by atoms with E-state index in [1.54, 1.807) is 32.2 Å². The summed E-state index contributed by atoms with van der Waals surface area (Å²) in [5, 5.41) is 15.5. The third-order valence-electron chi connectivity index (χ3n) is 6.04. The lowest BCUT2D eigenvalue weighted by molar-refractivity contribution is -0.126. The predicted octanol–water partition coefficient (Wildman–Crippen LogP) is 3.18. The van der Waals surface area contributed by atoms with Gasteiger partial charge < -0.3 is 20.6 Å². The molecule has 4 heterocycles. The molecule has 3 aromatic rings. The van der Waals surface area contributed by atoms with Gasteiger partial charge in [-0.15, -0.1) is 11.3 Å². The molecule has 190 valence electrons. The molecule has 36 heavy (non-hydrogen) atoms. The van der Waals surface area contributed by atoms with Gasteiger partial charge in [-0.2, -0.15) is 0 Å². The minimum Gasteiger partial charge on any atom is -0.394 e. The molecule has 0 aromatic carbocycles. The number of pyridine rings is 1. The number of carbonyl (C=O) groups is 2. The molecule has 0 fully saturated rings. The third-order valence-corrected chi connectivity index (χ3v) is 7.17. The van der Waals surface area contributed by atoms with Crippen molar-refractivity contribution in [3.05, 3.63) is 57.9 Å².